The highest BCUT2D eigenvalue weighted by atomic mass is 32.2. The molecule has 0 atom stereocenters. The van der Waals surface area contributed by atoms with Crippen LogP contribution in [0.15, 0.2) is 53.6 Å². The number of carbonyl (C=O) groups excluding carboxylic acids is 1. The Hall–Kier alpha value is -3.79. The molecule has 0 bridgehead atoms. The maximum absolute atomic E-state index is 12.6. The van der Waals surface area contributed by atoms with Crippen LogP contribution in [0.25, 0.3) is 5.69 Å². The molecule has 0 saturated carbocycles. The first-order chi connectivity index (χ1) is 16.5. The number of amides is 1. The highest BCUT2D eigenvalue weighted by Gasteiger charge is 2.22. The summed E-state index contributed by atoms with van der Waals surface area (Å²) in [6.45, 7) is 5.55. The molecule has 1 heterocycles. The van der Waals surface area contributed by atoms with Crippen LogP contribution in [0.3, 0.4) is 0 Å². The van der Waals surface area contributed by atoms with Crippen LogP contribution in [0, 0.1) is 20.8 Å². The van der Waals surface area contributed by atoms with E-state index in [1.807, 2.05) is 51.1 Å². The molecule has 1 amide bonds. The fourth-order valence-electron chi connectivity index (χ4n) is 3.73. The average molecular weight is 499 g/mol. The van der Waals surface area contributed by atoms with Gasteiger partial charge in [-0.2, -0.15) is 5.10 Å². The first-order valence-corrected chi connectivity index (χ1v) is 12.7. The number of hydrazone groups is 1. The van der Waals surface area contributed by atoms with E-state index < -0.39 is 22.5 Å². The molecule has 0 radical (unpaired) electrons. The number of ether oxygens (including phenoxy) is 2. The lowest BCUT2D eigenvalue weighted by Crippen LogP contribution is -2.39. The van der Waals surface area contributed by atoms with Crippen molar-refractivity contribution in [2.75, 3.05) is 31.3 Å². The number of sulfonamides is 1. The van der Waals surface area contributed by atoms with Crippen molar-refractivity contribution in [3.05, 3.63) is 71.0 Å². The minimum absolute atomic E-state index is 0.269. The number of hydrogen-bond donors (Lipinski definition) is 1. The molecule has 0 unspecified atom stereocenters. The molecular formula is C25H30N4O5S. The molecule has 0 saturated heterocycles. The fourth-order valence-corrected chi connectivity index (χ4v) is 4.58. The van der Waals surface area contributed by atoms with Gasteiger partial charge in [-0.3, -0.25) is 9.10 Å². The second-order valence-corrected chi connectivity index (χ2v) is 10.0. The standard InChI is InChI=1S/C25H30N4O5S/c1-17-7-9-21(10-8-17)29-18(2)13-20(19(29)3)15-26-27-25(30)16-28(35(6,31)32)22-11-12-23(33-4)24(14-22)34-5/h7-15H,16H2,1-6H3,(H,27,30)/b26-15+. The molecule has 0 fully saturated rings. The van der Waals surface area contributed by atoms with E-state index >= 15 is 0 Å². The van der Waals surface area contributed by atoms with Crippen LogP contribution in [0.5, 0.6) is 11.5 Å². The number of hydrogen-bond acceptors (Lipinski definition) is 6. The first-order valence-electron chi connectivity index (χ1n) is 10.8. The van der Waals surface area contributed by atoms with Crippen molar-refractivity contribution in [1.82, 2.24) is 9.99 Å². The van der Waals surface area contributed by atoms with E-state index in [1.54, 1.807) is 18.3 Å². The minimum atomic E-state index is -3.76. The SMILES string of the molecule is COc1ccc(N(CC(=O)N/N=C/c2cc(C)n(-c3ccc(C)cc3)c2C)S(C)(=O)=O)cc1OC. The Morgan fingerprint density at radius 3 is 2.29 bits per heavy atom. The van der Waals surface area contributed by atoms with Crippen molar-refractivity contribution in [1.29, 1.82) is 0 Å². The second kappa shape index (κ2) is 10.6. The van der Waals surface area contributed by atoms with E-state index in [-0.39, 0.29) is 5.69 Å². The topological polar surface area (TPSA) is 102 Å². The highest BCUT2D eigenvalue weighted by molar-refractivity contribution is 7.92. The van der Waals surface area contributed by atoms with Gasteiger partial charge in [-0.25, -0.2) is 13.8 Å². The van der Waals surface area contributed by atoms with Crippen molar-refractivity contribution in [3.8, 4) is 17.2 Å². The Kier molecular flexibility index (Phi) is 7.85. The maximum Gasteiger partial charge on any atom is 0.260 e. The maximum atomic E-state index is 12.6. The van der Waals surface area contributed by atoms with E-state index in [4.69, 9.17) is 9.47 Å². The lowest BCUT2D eigenvalue weighted by molar-refractivity contribution is -0.119. The van der Waals surface area contributed by atoms with Gasteiger partial charge >= 0.3 is 0 Å². The summed E-state index contributed by atoms with van der Waals surface area (Å²) in [6, 6.07) is 14.8. The van der Waals surface area contributed by atoms with Gasteiger partial charge in [-0.1, -0.05) is 17.7 Å². The van der Waals surface area contributed by atoms with Crippen LogP contribution in [-0.4, -0.2) is 52.1 Å². The molecule has 1 N–H and O–H groups in total. The third kappa shape index (κ3) is 6.02. The largest absolute Gasteiger partial charge is 0.493 e. The van der Waals surface area contributed by atoms with E-state index in [0.29, 0.717) is 11.5 Å². The zero-order valence-corrected chi connectivity index (χ0v) is 21.5. The Bertz CT molecular complexity index is 1340. The van der Waals surface area contributed by atoms with E-state index in [9.17, 15) is 13.2 Å². The summed E-state index contributed by atoms with van der Waals surface area (Å²) in [5, 5.41) is 4.05. The number of methoxy groups -OCH3 is 2. The van der Waals surface area contributed by atoms with Gasteiger partial charge in [0.05, 0.1) is 32.4 Å². The number of rotatable bonds is 9. The van der Waals surface area contributed by atoms with Crippen LogP contribution in [0.4, 0.5) is 5.69 Å². The van der Waals surface area contributed by atoms with Crippen LogP contribution < -0.4 is 19.2 Å². The average Bonchev–Trinajstić information content (AvgIpc) is 3.09. The number of aromatic nitrogens is 1. The van der Waals surface area contributed by atoms with Gasteiger partial charge in [0.1, 0.15) is 6.54 Å². The molecule has 9 nitrogen and oxygen atoms in total. The van der Waals surface area contributed by atoms with Crippen molar-refractivity contribution >= 4 is 27.8 Å². The van der Waals surface area contributed by atoms with Crippen molar-refractivity contribution in [3.63, 3.8) is 0 Å². The number of anilines is 1. The number of nitrogens with one attached hydrogen (secondary N) is 1. The van der Waals surface area contributed by atoms with Crippen LogP contribution in [0.2, 0.25) is 0 Å². The molecule has 0 aliphatic carbocycles. The summed E-state index contributed by atoms with van der Waals surface area (Å²) < 4.78 is 38.3. The molecule has 3 aromatic rings. The van der Waals surface area contributed by atoms with Gasteiger partial charge in [-0.15, -0.1) is 0 Å². The molecule has 0 aliphatic heterocycles. The summed E-state index contributed by atoms with van der Waals surface area (Å²) in [4.78, 5) is 12.6. The van der Waals surface area contributed by atoms with Crippen LogP contribution in [-0.2, 0) is 14.8 Å². The van der Waals surface area contributed by atoms with Crippen LogP contribution >= 0.6 is 0 Å². The molecule has 35 heavy (non-hydrogen) atoms. The van der Waals surface area contributed by atoms with Crippen molar-refractivity contribution in [2.24, 2.45) is 5.10 Å². The van der Waals surface area contributed by atoms with Gasteiger partial charge in [0.25, 0.3) is 5.91 Å². The van der Waals surface area contributed by atoms with Gasteiger partial charge < -0.3 is 14.0 Å². The quantitative estimate of drug-likeness (QED) is 0.360. The molecule has 1 aromatic heterocycles. The first kappa shape index (κ1) is 25.8. The normalized spacial score (nSPS) is 11.5. The fraction of sp³-hybridized carbons (Fsp3) is 0.280. The molecule has 0 spiro atoms. The van der Waals surface area contributed by atoms with Gasteiger partial charge in [-0.05, 0) is 51.1 Å². The van der Waals surface area contributed by atoms with E-state index in [0.717, 1.165) is 33.2 Å². The summed E-state index contributed by atoms with van der Waals surface area (Å²) >= 11 is 0. The molecular weight excluding hydrogens is 468 g/mol. The Morgan fingerprint density at radius 2 is 1.69 bits per heavy atom. The monoisotopic (exact) mass is 498 g/mol. The molecule has 10 heteroatoms. The summed E-state index contributed by atoms with van der Waals surface area (Å²) in [5.41, 5.74) is 7.72. The second-order valence-electron chi connectivity index (χ2n) is 8.10. The molecule has 0 aliphatic rings. The van der Waals surface area contributed by atoms with Gasteiger partial charge in [0.15, 0.2) is 11.5 Å². The Balaban J connectivity index is 1.76. The van der Waals surface area contributed by atoms with Gasteiger partial charge in [0, 0.05) is 28.7 Å². The van der Waals surface area contributed by atoms with E-state index in [2.05, 4.69) is 15.1 Å². The third-order valence-corrected chi connectivity index (χ3v) is 6.64. The number of nitrogens with zero attached hydrogens (tertiary/aromatic N) is 3. The lowest BCUT2D eigenvalue weighted by atomic mass is 10.2. The highest BCUT2D eigenvalue weighted by Crippen LogP contribution is 2.32. The number of benzene rings is 2. The minimum Gasteiger partial charge on any atom is -0.493 e. The third-order valence-electron chi connectivity index (χ3n) is 5.50. The summed E-state index contributed by atoms with van der Waals surface area (Å²) in [7, 11) is -0.827. The molecule has 2 aromatic carbocycles. The predicted octanol–water partition coefficient (Wildman–Crippen LogP) is 3.34. The number of carbonyl (C=O) groups is 1. The zero-order valence-electron chi connectivity index (χ0n) is 20.7. The Morgan fingerprint density at radius 1 is 1.03 bits per heavy atom. The molecule has 3 rings (SSSR count). The summed E-state index contributed by atoms with van der Waals surface area (Å²) in [6.07, 6.45) is 2.58. The predicted molar refractivity (Wildman–Crippen MR) is 137 cm³/mol. The zero-order chi connectivity index (χ0) is 25.8. The summed E-state index contributed by atoms with van der Waals surface area (Å²) in [5.74, 6) is 0.205. The lowest BCUT2D eigenvalue weighted by Gasteiger charge is -2.22. The van der Waals surface area contributed by atoms with Crippen molar-refractivity contribution < 1.29 is 22.7 Å². The number of aryl methyl sites for hydroxylation is 2. The Labute approximate surface area is 206 Å². The smallest absolute Gasteiger partial charge is 0.260 e. The van der Waals surface area contributed by atoms with E-state index in [1.165, 1.54) is 25.8 Å². The van der Waals surface area contributed by atoms with Crippen molar-refractivity contribution in [2.45, 2.75) is 20.8 Å². The molecule has 186 valence electrons. The van der Waals surface area contributed by atoms with Crippen LogP contribution in [0.1, 0.15) is 22.5 Å². The van der Waals surface area contributed by atoms with Gasteiger partial charge in [0.2, 0.25) is 10.0 Å².